The van der Waals surface area contributed by atoms with Gasteiger partial charge in [-0.05, 0) is 29.3 Å². The van der Waals surface area contributed by atoms with Gasteiger partial charge in [-0.2, -0.15) is 0 Å². The van der Waals surface area contributed by atoms with Gasteiger partial charge in [0.2, 0.25) is 0 Å². The summed E-state index contributed by atoms with van der Waals surface area (Å²) in [6.07, 6.45) is 0. The van der Waals surface area contributed by atoms with E-state index in [2.05, 4.69) is 0 Å². The number of ether oxygens (including phenoxy) is 1. The van der Waals surface area contributed by atoms with Crippen molar-refractivity contribution < 1.29 is 19.4 Å². The van der Waals surface area contributed by atoms with Gasteiger partial charge < -0.3 is 14.7 Å². The monoisotopic (exact) mass is 311 g/mol. The summed E-state index contributed by atoms with van der Waals surface area (Å²) in [7, 11) is 0. The Morgan fingerprint density at radius 2 is 1.57 bits per heavy atom. The Labute approximate surface area is 134 Å². The first-order valence-corrected chi connectivity index (χ1v) is 7.46. The summed E-state index contributed by atoms with van der Waals surface area (Å²) in [5.41, 5.74) is 2.11. The molecular weight excluding hydrogens is 294 g/mol. The number of carboxylic acids is 1. The van der Waals surface area contributed by atoms with Crippen LogP contribution in [0, 0.1) is 0 Å². The van der Waals surface area contributed by atoms with Crippen LogP contribution in [0.15, 0.2) is 48.5 Å². The van der Waals surface area contributed by atoms with Crippen molar-refractivity contribution in [1.29, 1.82) is 0 Å². The summed E-state index contributed by atoms with van der Waals surface area (Å²) in [6.45, 7) is 2.07. The molecule has 2 aromatic rings. The first kappa shape index (κ1) is 15.2. The van der Waals surface area contributed by atoms with Gasteiger partial charge in [0.1, 0.15) is 0 Å². The number of amides is 1. The summed E-state index contributed by atoms with van der Waals surface area (Å²) in [5.74, 6) is -1.20. The van der Waals surface area contributed by atoms with Crippen molar-refractivity contribution >= 4 is 11.9 Å². The fourth-order valence-electron chi connectivity index (χ4n) is 2.62. The summed E-state index contributed by atoms with van der Waals surface area (Å²) in [6, 6.07) is 14.2. The van der Waals surface area contributed by atoms with Gasteiger partial charge in [0.05, 0.1) is 18.8 Å². The van der Waals surface area contributed by atoms with Crippen molar-refractivity contribution in [2.75, 3.05) is 26.3 Å². The van der Waals surface area contributed by atoms with Crippen molar-refractivity contribution in [3.05, 3.63) is 59.7 Å². The van der Waals surface area contributed by atoms with Gasteiger partial charge in [0.25, 0.3) is 5.91 Å². The minimum atomic E-state index is -1.04. The summed E-state index contributed by atoms with van der Waals surface area (Å²) < 4.78 is 5.25. The third-order valence-electron chi connectivity index (χ3n) is 3.83. The quantitative estimate of drug-likeness (QED) is 0.946. The van der Waals surface area contributed by atoms with Crippen LogP contribution in [0.3, 0.4) is 0 Å². The second-order valence-electron chi connectivity index (χ2n) is 5.37. The third kappa shape index (κ3) is 3.40. The predicted molar refractivity (Wildman–Crippen MR) is 85.6 cm³/mol. The number of rotatable bonds is 3. The van der Waals surface area contributed by atoms with Crippen LogP contribution in [0.1, 0.15) is 20.7 Å². The molecule has 0 bridgehead atoms. The molecule has 5 heteroatoms. The van der Waals surface area contributed by atoms with Gasteiger partial charge in [-0.1, -0.05) is 30.3 Å². The van der Waals surface area contributed by atoms with Gasteiger partial charge in [-0.15, -0.1) is 0 Å². The number of carbonyl (C=O) groups excluding carboxylic acids is 1. The van der Waals surface area contributed by atoms with Gasteiger partial charge in [-0.25, -0.2) is 4.79 Å². The third-order valence-corrected chi connectivity index (χ3v) is 3.83. The van der Waals surface area contributed by atoms with Crippen LogP contribution in [-0.4, -0.2) is 48.2 Å². The highest BCUT2D eigenvalue weighted by Crippen LogP contribution is 2.23. The molecule has 3 rings (SSSR count). The van der Waals surface area contributed by atoms with E-state index in [1.165, 1.54) is 6.07 Å². The van der Waals surface area contributed by atoms with E-state index in [4.69, 9.17) is 4.74 Å². The number of hydrogen-bond acceptors (Lipinski definition) is 3. The van der Waals surface area contributed by atoms with Crippen LogP contribution in [0.5, 0.6) is 0 Å². The SMILES string of the molecule is O=C(O)c1cc(C(=O)N2CCOCC2)cc(-c2ccccc2)c1. The van der Waals surface area contributed by atoms with Crippen LogP contribution in [-0.2, 0) is 4.74 Å². The Kier molecular flexibility index (Phi) is 4.39. The normalized spacial score (nSPS) is 14.5. The Bertz CT molecular complexity index is 721. The van der Waals surface area contributed by atoms with Crippen molar-refractivity contribution in [2.24, 2.45) is 0 Å². The van der Waals surface area contributed by atoms with E-state index in [-0.39, 0.29) is 11.5 Å². The van der Waals surface area contributed by atoms with E-state index in [1.54, 1.807) is 17.0 Å². The lowest BCUT2D eigenvalue weighted by molar-refractivity contribution is 0.0303. The second kappa shape index (κ2) is 6.62. The van der Waals surface area contributed by atoms with Crippen LogP contribution in [0.2, 0.25) is 0 Å². The zero-order valence-electron chi connectivity index (χ0n) is 12.6. The first-order chi connectivity index (χ1) is 11.1. The molecule has 1 saturated heterocycles. The van der Waals surface area contributed by atoms with Crippen molar-refractivity contribution in [1.82, 2.24) is 4.90 Å². The Morgan fingerprint density at radius 3 is 2.22 bits per heavy atom. The number of benzene rings is 2. The van der Waals surface area contributed by atoms with Crippen molar-refractivity contribution in [3.63, 3.8) is 0 Å². The lowest BCUT2D eigenvalue weighted by Gasteiger charge is -2.27. The van der Waals surface area contributed by atoms with E-state index < -0.39 is 5.97 Å². The largest absolute Gasteiger partial charge is 0.478 e. The standard InChI is InChI=1S/C18H17NO4/c20-17(19-6-8-23-9-7-19)15-10-14(11-16(12-15)18(21)22)13-4-2-1-3-5-13/h1-5,10-12H,6-9H2,(H,21,22). The topological polar surface area (TPSA) is 66.8 Å². The van der Waals surface area contributed by atoms with Gasteiger partial charge >= 0.3 is 5.97 Å². The summed E-state index contributed by atoms with van der Waals surface area (Å²) >= 11 is 0. The molecule has 1 aliphatic heterocycles. The van der Waals surface area contributed by atoms with Gasteiger partial charge in [0, 0.05) is 18.7 Å². The molecule has 118 valence electrons. The van der Waals surface area contributed by atoms with E-state index in [0.717, 1.165) is 11.1 Å². The lowest BCUT2D eigenvalue weighted by Crippen LogP contribution is -2.40. The predicted octanol–water partition coefficient (Wildman–Crippen LogP) is 2.52. The molecule has 1 amide bonds. The van der Waals surface area contributed by atoms with Crippen LogP contribution in [0.4, 0.5) is 0 Å². The smallest absolute Gasteiger partial charge is 0.335 e. The van der Waals surface area contributed by atoms with Gasteiger partial charge in [-0.3, -0.25) is 4.79 Å². The van der Waals surface area contributed by atoms with E-state index in [0.29, 0.717) is 31.9 Å². The molecule has 0 aliphatic carbocycles. The molecule has 2 aromatic carbocycles. The molecule has 0 aromatic heterocycles. The van der Waals surface area contributed by atoms with Crippen LogP contribution >= 0.6 is 0 Å². The number of carboxylic acid groups (broad SMARTS) is 1. The Hall–Kier alpha value is -2.66. The van der Waals surface area contributed by atoms with E-state index >= 15 is 0 Å². The second-order valence-corrected chi connectivity index (χ2v) is 5.37. The highest BCUT2D eigenvalue weighted by molar-refractivity contribution is 5.99. The molecule has 1 heterocycles. The average molecular weight is 311 g/mol. The Balaban J connectivity index is 2.00. The van der Waals surface area contributed by atoms with Crippen LogP contribution < -0.4 is 0 Å². The molecular formula is C18H17NO4. The molecule has 1 aliphatic rings. The maximum absolute atomic E-state index is 12.6. The summed E-state index contributed by atoms with van der Waals surface area (Å²) in [4.78, 5) is 25.7. The minimum Gasteiger partial charge on any atom is -0.478 e. The molecule has 23 heavy (non-hydrogen) atoms. The fraction of sp³-hybridized carbons (Fsp3) is 0.222. The molecule has 1 N–H and O–H groups in total. The molecule has 0 radical (unpaired) electrons. The number of morpholine rings is 1. The molecule has 0 saturated carbocycles. The van der Waals surface area contributed by atoms with E-state index in [1.807, 2.05) is 30.3 Å². The maximum atomic E-state index is 12.6. The first-order valence-electron chi connectivity index (χ1n) is 7.46. The molecule has 0 atom stereocenters. The molecule has 0 unspecified atom stereocenters. The highest BCUT2D eigenvalue weighted by atomic mass is 16.5. The minimum absolute atomic E-state index is 0.114. The number of aromatic carboxylic acids is 1. The lowest BCUT2D eigenvalue weighted by atomic mass is 9.99. The van der Waals surface area contributed by atoms with Crippen molar-refractivity contribution in [3.8, 4) is 11.1 Å². The number of nitrogens with zero attached hydrogens (tertiary/aromatic N) is 1. The highest BCUT2D eigenvalue weighted by Gasteiger charge is 2.20. The molecule has 1 fully saturated rings. The Morgan fingerprint density at radius 1 is 0.913 bits per heavy atom. The zero-order valence-corrected chi connectivity index (χ0v) is 12.6. The van der Waals surface area contributed by atoms with Crippen LogP contribution in [0.25, 0.3) is 11.1 Å². The maximum Gasteiger partial charge on any atom is 0.335 e. The number of hydrogen-bond donors (Lipinski definition) is 1. The fourth-order valence-corrected chi connectivity index (χ4v) is 2.62. The van der Waals surface area contributed by atoms with Crippen molar-refractivity contribution in [2.45, 2.75) is 0 Å². The van der Waals surface area contributed by atoms with E-state index in [9.17, 15) is 14.7 Å². The number of carbonyl (C=O) groups is 2. The van der Waals surface area contributed by atoms with Gasteiger partial charge in [0.15, 0.2) is 0 Å². The molecule has 5 nitrogen and oxygen atoms in total. The zero-order chi connectivity index (χ0) is 16.2. The average Bonchev–Trinajstić information content (AvgIpc) is 2.62. The summed E-state index contributed by atoms with van der Waals surface area (Å²) in [5, 5.41) is 9.33. The molecule has 0 spiro atoms.